The minimum atomic E-state index is -0.579. The predicted molar refractivity (Wildman–Crippen MR) is 142 cm³/mol. The molecule has 36 heavy (non-hydrogen) atoms. The van der Waals surface area contributed by atoms with E-state index in [1.807, 2.05) is 82.9 Å². The average Bonchev–Trinajstić information content (AvgIpc) is 2.81. The quantitative estimate of drug-likeness (QED) is 0.179. The smallest absolute Gasteiger partial charge is 0.311 e. The fourth-order valence-corrected chi connectivity index (χ4v) is 3.00. The molecule has 0 aliphatic carbocycles. The number of nitrogens with zero attached hydrogens (tertiary/aromatic N) is 2. The van der Waals surface area contributed by atoms with Gasteiger partial charge in [0, 0.05) is 17.8 Å². The van der Waals surface area contributed by atoms with Crippen LogP contribution in [-0.4, -0.2) is 43.2 Å². The molecule has 0 heterocycles. The van der Waals surface area contributed by atoms with E-state index in [0.717, 1.165) is 16.8 Å². The van der Waals surface area contributed by atoms with Crippen LogP contribution in [0.1, 0.15) is 52.7 Å². The number of non-ortho nitro benzene ring substituents is 1. The van der Waals surface area contributed by atoms with E-state index in [-0.39, 0.29) is 30.8 Å². The first kappa shape index (κ1) is 28.6. The molecule has 0 atom stereocenters. The van der Waals surface area contributed by atoms with Gasteiger partial charge in [-0.1, -0.05) is 24.3 Å². The minimum Gasteiger partial charge on any atom is -0.463 e. The van der Waals surface area contributed by atoms with Gasteiger partial charge in [0.15, 0.2) is 0 Å². The molecule has 0 aliphatic heterocycles. The molecule has 0 aromatic heterocycles. The Morgan fingerprint density at radius 3 is 1.53 bits per heavy atom. The van der Waals surface area contributed by atoms with Gasteiger partial charge in [0.1, 0.15) is 13.2 Å². The molecule has 8 heteroatoms. The van der Waals surface area contributed by atoms with Crippen LogP contribution in [0.15, 0.2) is 48.5 Å². The molecule has 2 aromatic carbocycles. The lowest BCUT2D eigenvalue weighted by Crippen LogP contribution is -2.34. The summed E-state index contributed by atoms with van der Waals surface area (Å²) in [7, 11) is 0. The number of ether oxygens (including phenoxy) is 2. The highest BCUT2D eigenvalue weighted by Gasteiger charge is 2.24. The lowest BCUT2D eigenvalue weighted by molar-refractivity contribution is -0.384. The molecule has 0 spiro atoms. The number of anilines is 1. The van der Waals surface area contributed by atoms with Gasteiger partial charge in [0.25, 0.3) is 5.69 Å². The van der Waals surface area contributed by atoms with Crippen LogP contribution in [-0.2, 0) is 19.1 Å². The molecule has 2 rings (SSSR count). The molecule has 2 aromatic rings. The molecule has 0 amide bonds. The van der Waals surface area contributed by atoms with E-state index in [0.29, 0.717) is 13.1 Å². The Morgan fingerprint density at radius 1 is 0.778 bits per heavy atom. The van der Waals surface area contributed by atoms with Crippen molar-refractivity contribution in [3.63, 3.8) is 0 Å². The zero-order valence-corrected chi connectivity index (χ0v) is 21.9. The fraction of sp³-hybridized carbons (Fsp3) is 0.429. The van der Waals surface area contributed by atoms with Crippen LogP contribution < -0.4 is 4.90 Å². The number of rotatable bonds is 10. The average molecular weight is 497 g/mol. The van der Waals surface area contributed by atoms with Crippen molar-refractivity contribution in [3.05, 3.63) is 69.8 Å². The van der Waals surface area contributed by atoms with Crippen LogP contribution in [0.3, 0.4) is 0 Å². The van der Waals surface area contributed by atoms with Gasteiger partial charge < -0.3 is 14.4 Å². The van der Waals surface area contributed by atoms with E-state index in [1.165, 1.54) is 12.1 Å². The van der Waals surface area contributed by atoms with Gasteiger partial charge >= 0.3 is 11.9 Å². The third-order valence-corrected chi connectivity index (χ3v) is 5.24. The summed E-state index contributed by atoms with van der Waals surface area (Å²) in [6.07, 6.45) is 3.81. The van der Waals surface area contributed by atoms with Crippen molar-refractivity contribution in [3.8, 4) is 0 Å². The Morgan fingerprint density at radius 2 is 1.17 bits per heavy atom. The SMILES string of the molecule is CC(C)(C)C(=O)OCCN(CCOC(=O)C(C)(C)C)c1ccc(/C=C/c2ccc([N+](=O)[O-])cc2)cc1. The standard InChI is InChI=1S/C28H36N2O6/c1-27(2,3)25(31)35-19-17-29(18-20-36-26(32)28(4,5)6)23-13-9-21(10-14-23)7-8-22-11-15-24(16-12-22)30(33)34/h7-16H,17-20H2,1-6H3/b8-7+. The maximum atomic E-state index is 12.1. The number of nitro groups is 1. The first-order chi connectivity index (χ1) is 16.8. The van der Waals surface area contributed by atoms with Gasteiger partial charge in [0.2, 0.25) is 0 Å². The normalized spacial score (nSPS) is 11.8. The van der Waals surface area contributed by atoms with E-state index in [1.54, 1.807) is 12.1 Å². The number of hydrogen-bond donors (Lipinski definition) is 0. The molecule has 0 radical (unpaired) electrons. The lowest BCUT2D eigenvalue weighted by atomic mass is 9.97. The van der Waals surface area contributed by atoms with Gasteiger partial charge in [-0.2, -0.15) is 0 Å². The molecule has 0 saturated carbocycles. The van der Waals surface area contributed by atoms with E-state index in [9.17, 15) is 19.7 Å². The highest BCUT2D eigenvalue weighted by Crippen LogP contribution is 2.20. The van der Waals surface area contributed by atoms with Crippen LogP contribution >= 0.6 is 0 Å². The Balaban J connectivity index is 2.07. The van der Waals surface area contributed by atoms with Gasteiger partial charge in [-0.15, -0.1) is 0 Å². The van der Waals surface area contributed by atoms with Crippen LogP contribution in [0.4, 0.5) is 11.4 Å². The number of carbonyl (C=O) groups is 2. The molecule has 0 aliphatic rings. The monoisotopic (exact) mass is 496 g/mol. The molecule has 0 saturated heterocycles. The predicted octanol–water partition coefficient (Wildman–Crippen LogP) is 5.75. The van der Waals surface area contributed by atoms with Crippen molar-refractivity contribution < 1.29 is 24.0 Å². The summed E-state index contributed by atoms with van der Waals surface area (Å²) >= 11 is 0. The minimum absolute atomic E-state index is 0.0537. The Kier molecular flexibility index (Phi) is 9.78. The largest absolute Gasteiger partial charge is 0.463 e. The molecule has 8 nitrogen and oxygen atoms in total. The van der Waals surface area contributed by atoms with Crippen molar-refractivity contribution >= 4 is 35.5 Å². The zero-order chi connectivity index (χ0) is 26.9. The first-order valence-corrected chi connectivity index (χ1v) is 11.9. The second kappa shape index (κ2) is 12.3. The second-order valence-electron chi connectivity index (χ2n) is 10.5. The van der Waals surface area contributed by atoms with Gasteiger partial charge in [0.05, 0.1) is 28.8 Å². The Hall–Kier alpha value is -3.68. The first-order valence-electron chi connectivity index (χ1n) is 11.9. The van der Waals surface area contributed by atoms with Crippen LogP contribution in [0.5, 0.6) is 0 Å². The molecular formula is C28H36N2O6. The maximum absolute atomic E-state index is 12.1. The summed E-state index contributed by atoms with van der Waals surface area (Å²) in [5.74, 6) is -0.540. The second-order valence-corrected chi connectivity index (χ2v) is 10.5. The van der Waals surface area contributed by atoms with Gasteiger partial charge in [-0.05, 0) is 76.9 Å². The maximum Gasteiger partial charge on any atom is 0.311 e. The van der Waals surface area contributed by atoms with Gasteiger partial charge in [-0.25, -0.2) is 0 Å². The van der Waals surface area contributed by atoms with Crippen molar-refractivity contribution in [2.45, 2.75) is 41.5 Å². The molecule has 0 fully saturated rings. The highest BCUT2D eigenvalue weighted by atomic mass is 16.6. The van der Waals surface area contributed by atoms with Crippen molar-refractivity contribution in [2.24, 2.45) is 10.8 Å². The summed E-state index contributed by atoms with van der Waals surface area (Å²) in [6.45, 7) is 12.2. The van der Waals surface area contributed by atoms with Gasteiger partial charge in [-0.3, -0.25) is 19.7 Å². The summed E-state index contributed by atoms with van der Waals surface area (Å²) < 4.78 is 10.9. The number of hydrogen-bond acceptors (Lipinski definition) is 7. The highest BCUT2D eigenvalue weighted by molar-refractivity contribution is 5.76. The third kappa shape index (κ3) is 9.17. The van der Waals surface area contributed by atoms with E-state index >= 15 is 0 Å². The Labute approximate surface area is 213 Å². The number of carbonyl (C=O) groups excluding carboxylic acids is 2. The topological polar surface area (TPSA) is 99.0 Å². The summed E-state index contributed by atoms with van der Waals surface area (Å²) in [5, 5.41) is 10.8. The fourth-order valence-electron chi connectivity index (χ4n) is 3.00. The van der Waals surface area contributed by atoms with Crippen LogP contribution in [0, 0.1) is 20.9 Å². The molecule has 0 unspecified atom stereocenters. The third-order valence-electron chi connectivity index (χ3n) is 5.24. The summed E-state index contributed by atoms with van der Waals surface area (Å²) in [6, 6.07) is 14.1. The van der Waals surface area contributed by atoms with Crippen LogP contribution in [0.2, 0.25) is 0 Å². The van der Waals surface area contributed by atoms with Crippen molar-refractivity contribution in [1.82, 2.24) is 0 Å². The van der Waals surface area contributed by atoms with Crippen molar-refractivity contribution in [2.75, 3.05) is 31.2 Å². The molecule has 0 bridgehead atoms. The summed E-state index contributed by atoms with van der Waals surface area (Å²) in [4.78, 5) is 36.6. The number of benzene rings is 2. The Bertz CT molecular complexity index is 1030. The lowest BCUT2D eigenvalue weighted by Gasteiger charge is -2.26. The number of nitro benzene ring substituents is 1. The zero-order valence-electron chi connectivity index (χ0n) is 21.9. The van der Waals surface area contributed by atoms with E-state index in [2.05, 4.69) is 0 Å². The van der Waals surface area contributed by atoms with E-state index in [4.69, 9.17) is 9.47 Å². The molecule has 194 valence electrons. The molecule has 0 N–H and O–H groups in total. The van der Waals surface area contributed by atoms with Crippen LogP contribution in [0.25, 0.3) is 12.2 Å². The summed E-state index contributed by atoms with van der Waals surface area (Å²) in [5.41, 5.74) is 1.61. The molecular weight excluding hydrogens is 460 g/mol. The van der Waals surface area contributed by atoms with E-state index < -0.39 is 15.8 Å². The number of esters is 2. The van der Waals surface area contributed by atoms with Crippen molar-refractivity contribution in [1.29, 1.82) is 0 Å².